The number of allylic oxidation sites excluding steroid dienone is 13. The van der Waals surface area contributed by atoms with Gasteiger partial charge in [0, 0.05) is 63.5 Å². The molecule has 0 amide bonds. The number of aryl methyl sites for hydroxylation is 1. The number of furan rings is 1. The predicted molar refractivity (Wildman–Crippen MR) is 424 cm³/mol. The molecule has 4 nitrogen and oxygen atoms in total. The van der Waals surface area contributed by atoms with E-state index in [2.05, 4.69) is 279 Å². The summed E-state index contributed by atoms with van der Waals surface area (Å²) in [4.78, 5) is 8.81. The van der Waals surface area contributed by atoms with Crippen molar-refractivity contribution in [2.45, 2.75) is 249 Å². The molecule has 9 aliphatic carbocycles. The molecule has 2 saturated carbocycles. The molecule has 3 atom stereocenters. The van der Waals surface area contributed by atoms with Gasteiger partial charge in [0.25, 0.3) is 6.71 Å². The van der Waals surface area contributed by atoms with Crippen LogP contribution in [-0.4, -0.2) is 23.7 Å². The molecule has 6 aromatic rings. The fraction of sp³-hybridized carbons (Fsp3) is 0.474. The molecule has 5 aromatic carbocycles. The first-order chi connectivity index (χ1) is 47.2. The molecule has 0 saturated heterocycles. The van der Waals surface area contributed by atoms with Gasteiger partial charge >= 0.3 is 0 Å². The molecule has 11 aliphatic rings. The molecule has 1 aromatic heterocycles. The smallest absolute Gasteiger partial charge is 0.251 e. The Morgan fingerprint density at radius 2 is 1.29 bits per heavy atom. The van der Waals surface area contributed by atoms with Gasteiger partial charge in [-0.2, -0.15) is 0 Å². The third-order valence-corrected chi connectivity index (χ3v) is 28.6. The Balaban J connectivity index is 0.959. The van der Waals surface area contributed by atoms with Crippen molar-refractivity contribution in [1.82, 2.24) is 4.90 Å². The summed E-state index contributed by atoms with van der Waals surface area (Å²) < 4.78 is 6.60. The van der Waals surface area contributed by atoms with Crippen LogP contribution in [0, 0.1) is 38.4 Å². The first-order valence-electron chi connectivity index (χ1n) is 39.0. The van der Waals surface area contributed by atoms with Gasteiger partial charge in [-0.05, 0) is 259 Å². The van der Waals surface area contributed by atoms with Gasteiger partial charge in [0.05, 0.1) is 12.1 Å². The largest absolute Gasteiger partial charge is 0.461 e. The molecule has 3 unspecified atom stereocenters. The summed E-state index contributed by atoms with van der Waals surface area (Å²) in [5.41, 5.74) is 32.5. The minimum atomic E-state index is -0.238. The van der Waals surface area contributed by atoms with Crippen LogP contribution in [0.2, 0.25) is 0 Å². The molecule has 0 N–H and O–H groups in total. The van der Waals surface area contributed by atoms with E-state index in [1.165, 1.54) is 118 Å². The zero-order valence-electron chi connectivity index (χ0n) is 64.2. The highest BCUT2D eigenvalue weighted by Gasteiger charge is 2.56. The maximum atomic E-state index is 6.60. The number of para-hydroxylation sites is 1. The summed E-state index contributed by atoms with van der Waals surface area (Å²) in [7, 11) is 0. The van der Waals surface area contributed by atoms with E-state index in [0.717, 1.165) is 67.4 Å². The van der Waals surface area contributed by atoms with Crippen molar-refractivity contribution in [2.24, 2.45) is 38.4 Å². The summed E-state index contributed by atoms with van der Waals surface area (Å²) in [6, 6.07) is 37.9. The quantitative estimate of drug-likeness (QED) is 0.106. The number of anilines is 2. The molecule has 516 valence electrons. The van der Waals surface area contributed by atoms with E-state index in [0.29, 0.717) is 5.92 Å². The SMILES string of the molecule is C=C/C(=C\CCc1cc2ccccc2o1)N(c1ccc2c(c1)C(C)(C)c1ccc3ccccc3c1-2)C1C=C2C3=C(C1)N(C1C=C4C(=CC1)C(C)(C)CCC4(C)C)C1=C(C=C4C(C1)C(C)(C)CCC4(C)C)B3c1cc3c(cc1N2C1=CC2=C(CC1)C(C)(C)CCC2(C)C)C(C)(C)CCC3(C)C. The molecule has 100 heavy (non-hydrogen) atoms. The Morgan fingerprint density at radius 1 is 0.610 bits per heavy atom. The number of hydrogen-bond acceptors (Lipinski definition) is 4. The minimum absolute atomic E-state index is 0.00626. The van der Waals surface area contributed by atoms with Crippen LogP contribution in [0.25, 0.3) is 32.9 Å². The normalized spacial score (nSPS) is 26.3. The Morgan fingerprint density at radius 3 is 2.04 bits per heavy atom. The van der Waals surface area contributed by atoms with E-state index in [9.17, 15) is 0 Å². The van der Waals surface area contributed by atoms with Crippen LogP contribution in [0.1, 0.15) is 243 Å². The summed E-state index contributed by atoms with van der Waals surface area (Å²) in [6.07, 6.45) is 35.0. The van der Waals surface area contributed by atoms with Gasteiger partial charge in [0.15, 0.2) is 0 Å². The van der Waals surface area contributed by atoms with Crippen molar-refractivity contribution >= 4 is 45.3 Å². The number of nitrogens with zero attached hydrogens (tertiary/aromatic N) is 3. The van der Waals surface area contributed by atoms with Crippen molar-refractivity contribution in [3.05, 3.63) is 241 Å². The van der Waals surface area contributed by atoms with Gasteiger partial charge in [0.2, 0.25) is 0 Å². The van der Waals surface area contributed by atoms with E-state index >= 15 is 0 Å². The first kappa shape index (κ1) is 66.0. The van der Waals surface area contributed by atoms with Crippen molar-refractivity contribution in [3.8, 4) is 11.1 Å². The molecule has 5 heteroatoms. The maximum Gasteiger partial charge on any atom is 0.251 e. The fourth-order valence-corrected chi connectivity index (χ4v) is 21.9. The molecule has 3 heterocycles. The van der Waals surface area contributed by atoms with Crippen molar-refractivity contribution in [1.29, 1.82) is 0 Å². The molecule has 0 radical (unpaired) electrons. The maximum absolute atomic E-state index is 6.60. The van der Waals surface area contributed by atoms with Crippen LogP contribution >= 0.6 is 0 Å². The van der Waals surface area contributed by atoms with Crippen molar-refractivity contribution in [2.75, 3.05) is 9.80 Å². The highest BCUT2D eigenvalue weighted by molar-refractivity contribution is 6.89. The van der Waals surface area contributed by atoms with Gasteiger partial charge < -0.3 is 19.1 Å². The average Bonchev–Trinajstić information content (AvgIpc) is 0.818. The number of fused-ring (bicyclic) bond motifs is 12. The Hall–Kier alpha value is -7.24. The third-order valence-electron chi connectivity index (χ3n) is 28.6. The summed E-state index contributed by atoms with van der Waals surface area (Å²) >= 11 is 0. The zero-order valence-corrected chi connectivity index (χ0v) is 64.2. The lowest BCUT2D eigenvalue weighted by Crippen LogP contribution is -2.57. The minimum Gasteiger partial charge on any atom is -0.461 e. The number of benzene rings is 5. The van der Waals surface area contributed by atoms with Crippen LogP contribution < -0.4 is 15.3 Å². The van der Waals surface area contributed by atoms with Crippen LogP contribution in [0.3, 0.4) is 0 Å². The third kappa shape index (κ3) is 9.98. The molecular weight excluding hydrogens is 1210 g/mol. The van der Waals surface area contributed by atoms with E-state index < -0.39 is 0 Å². The van der Waals surface area contributed by atoms with Gasteiger partial charge in [0.1, 0.15) is 11.3 Å². The Kier molecular flexibility index (Phi) is 14.6. The zero-order chi connectivity index (χ0) is 70.1. The molecular formula is C95H112BN3O. The van der Waals surface area contributed by atoms with Crippen LogP contribution in [0.15, 0.2) is 218 Å². The van der Waals surface area contributed by atoms with Crippen molar-refractivity contribution in [3.63, 3.8) is 0 Å². The lowest BCUT2D eigenvalue weighted by atomic mass is 9.30. The Labute approximate surface area is 601 Å². The lowest BCUT2D eigenvalue weighted by Gasteiger charge is -2.57. The summed E-state index contributed by atoms with van der Waals surface area (Å²) in [5.74, 6) is 1.45. The summed E-state index contributed by atoms with van der Waals surface area (Å²) in [6.45, 7) is 50.9. The monoisotopic (exact) mass is 1320 g/mol. The van der Waals surface area contributed by atoms with Gasteiger partial charge in [-0.25, -0.2) is 0 Å². The van der Waals surface area contributed by atoms with Crippen LogP contribution in [-0.2, 0) is 22.7 Å². The highest BCUT2D eigenvalue weighted by Crippen LogP contribution is 2.63. The van der Waals surface area contributed by atoms with Crippen LogP contribution in [0.5, 0.6) is 0 Å². The van der Waals surface area contributed by atoms with E-state index in [1.807, 2.05) is 0 Å². The number of hydrogen-bond donors (Lipinski definition) is 0. The van der Waals surface area contributed by atoms with Gasteiger partial charge in [-0.15, -0.1) is 0 Å². The molecule has 2 fully saturated rings. The van der Waals surface area contributed by atoms with Crippen LogP contribution in [0.4, 0.5) is 11.4 Å². The first-order valence-corrected chi connectivity index (χ1v) is 39.0. The van der Waals surface area contributed by atoms with Gasteiger partial charge in [-0.3, -0.25) is 0 Å². The number of rotatable bonds is 9. The summed E-state index contributed by atoms with van der Waals surface area (Å²) in [5, 5.41) is 3.79. The standard InChI is InChI=1S/C95H112BN3O/c1-20-60(28-25-29-65-48-59-27-22-24-31-84(59)100-65)97(61-33-36-67-71(49-61)95(18,19)70-37-32-58-26-21-23-30-66(58)85(67)70)64-52-82-86-83(53-64)99(63-35-39-69-73(51-63)90(8,9)43-41-88(69,4)5)81-57-77-75(92(12,13)45-47-94(77,16)17)55-79(81)96(86)78-54-74-76(93(14,15)46-44-91(74,10)11)56-80(78)98(82)62-34-38-68-72(50-62)89(6,7)42-40-87(68,2)3/h20-24,26-28,30-33,36-38,48-51,53-55,57,62,64,76H,1,25,29,34-35,39-47,52,56H2,2-19H3/b60-28+. The van der Waals surface area contributed by atoms with E-state index in [-0.39, 0.29) is 67.5 Å². The topological polar surface area (TPSA) is 22.9 Å². The Bertz CT molecular complexity index is 4820. The predicted octanol–water partition coefficient (Wildman–Crippen LogP) is 24.6. The average molecular weight is 1320 g/mol. The molecule has 2 aliphatic heterocycles. The highest BCUT2D eigenvalue weighted by atomic mass is 16.3. The van der Waals surface area contributed by atoms with Gasteiger partial charge in [-0.1, -0.05) is 233 Å². The second-order valence-electron chi connectivity index (χ2n) is 38.8. The van der Waals surface area contributed by atoms with E-state index in [4.69, 9.17) is 11.0 Å². The fourth-order valence-electron chi connectivity index (χ4n) is 21.9. The van der Waals surface area contributed by atoms with E-state index in [1.54, 1.807) is 55.6 Å². The molecule has 0 bridgehead atoms. The molecule has 17 rings (SSSR count). The lowest BCUT2D eigenvalue weighted by molar-refractivity contribution is 0.113. The second-order valence-corrected chi connectivity index (χ2v) is 38.8. The van der Waals surface area contributed by atoms with Crippen molar-refractivity contribution < 1.29 is 4.42 Å². The second kappa shape index (κ2) is 22.1. The molecule has 0 spiro atoms.